The molecule has 0 saturated heterocycles. The number of hydrogen-bond acceptors (Lipinski definition) is 2. The smallest absolute Gasteiger partial charge is 0.140 e. The van der Waals surface area contributed by atoms with Gasteiger partial charge < -0.3 is 14.2 Å². The summed E-state index contributed by atoms with van der Waals surface area (Å²) in [6.07, 6.45) is 0. The first kappa shape index (κ1) is 36.3. The maximum Gasteiger partial charge on any atom is 0.140 e. The molecular weight excluding hydrogens is 777 g/mol. The van der Waals surface area contributed by atoms with Crippen LogP contribution < -0.4 is 9.64 Å². The lowest BCUT2D eigenvalue weighted by atomic mass is 9.65. The van der Waals surface area contributed by atoms with Gasteiger partial charge in [0, 0.05) is 50.1 Å². The number of para-hydroxylation sites is 5. The van der Waals surface area contributed by atoms with Crippen LogP contribution in [0.3, 0.4) is 0 Å². The fourth-order valence-electron chi connectivity index (χ4n) is 10.8. The lowest BCUT2D eigenvalue weighted by Gasteiger charge is -2.40. The highest BCUT2D eigenvalue weighted by Crippen LogP contribution is 2.64. The van der Waals surface area contributed by atoms with Crippen LogP contribution in [0.1, 0.15) is 22.3 Å². The van der Waals surface area contributed by atoms with Gasteiger partial charge in [0.2, 0.25) is 0 Å². The van der Waals surface area contributed by atoms with E-state index in [-0.39, 0.29) is 0 Å². The van der Waals surface area contributed by atoms with Crippen molar-refractivity contribution < 1.29 is 4.74 Å². The summed E-state index contributed by atoms with van der Waals surface area (Å²) < 4.78 is 9.47. The highest BCUT2D eigenvalue weighted by Gasteiger charge is 2.51. The molecule has 2 aliphatic rings. The molecular formula is C61H40N2O. The number of hydrogen-bond donors (Lipinski definition) is 0. The van der Waals surface area contributed by atoms with Crippen molar-refractivity contribution in [1.29, 1.82) is 0 Å². The topological polar surface area (TPSA) is 17.4 Å². The predicted molar refractivity (Wildman–Crippen MR) is 264 cm³/mol. The van der Waals surface area contributed by atoms with Gasteiger partial charge in [-0.15, -0.1) is 0 Å². The minimum absolute atomic E-state index is 0.661. The van der Waals surface area contributed by atoms with Crippen LogP contribution >= 0.6 is 0 Å². The number of anilines is 3. The second-order valence-electron chi connectivity index (χ2n) is 16.8. The van der Waals surface area contributed by atoms with E-state index in [1.54, 1.807) is 0 Å². The highest BCUT2D eigenvalue weighted by atomic mass is 16.5. The predicted octanol–water partition coefficient (Wildman–Crippen LogP) is 16.1. The van der Waals surface area contributed by atoms with E-state index in [9.17, 15) is 0 Å². The fourth-order valence-corrected chi connectivity index (χ4v) is 10.8. The molecule has 1 spiro atoms. The van der Waals surface area contributed by atoms with E-state index in [1.807, 2.05) is 0 Å². The number of rotatable bonds is 6. The molecule has 0 radical (unpaired) electrons. The highest BCUT2D eigenvalue weighted by molar-refractivity contribution is 6.10. The molecule has 10 aromatic carbocycles. The minimum Gasteiger partial charge on any atom is -0.456 e. The zero-order valence-corrected chi connectivity index (χ0v) is 34.9. The summed E-state index contributed by atoms with van der Waals surface area (Å²) in [7, 11) is 0. The summed E-state index contributed by atoms with van der Waals surface area (Å²) >= 11 is 0. The average molecular weight is 817 g/mol. The fraction of sp³-hybridized carbons (Fsp3) is 0.0164. The first-order valence-corrected chi connectivity index (χ1v) is 22.0. The van der Waals surface area contributed by atoms with Crippen LogP contribution in [0.15, 0.2) is 243 Å². The Hall–Kier alpha value is -8.40. The van der Waals surface area contributed by atoms with E-state index in [4.69, 9.17) is 4.74 Å². The number of benzene rings is 10. The molecule has 0 N–H and O–H groups in total. The molecule has 11 aromatic rings. The van der Waals surface area contributed by atoms with Crippen LogP contribution in [0.25, 0.3) is 60.9 Å². The van der Waals surface area contributed by atoms with Gasteiger partial charge in [0.25, 0.3) is 0 Å². The summed E-state index contributed by atoms with van der Waals surface area (Å²) in [5.41, 5.74) is 17.8. The molecule has 300 valence electrons. The first-order valence-electron chi connectivity index (χ1n) is 22.0. The summed E-state index contributed by atoms with van der Waals surface area (Å²) in [5.74, 6) is 1.77. The molecule has 1 unspecified atom stereocenters. The molecule has 1 aliphatic carbocycles. The standard InChI is InChI=1S/C61H40N2O/c1-4-19-41(20-5-1)46-25-11-15-32-56(46)62(45-36-38-51-50-27-12-16-33-57(50)63(58(51)40-45)43-23-8-3-9-24-43)44-35-37-49-48-26-10-13-29-52(48)61(55(49)39-44)53-30-14-17-34-59(53)64-60-47(28-18-31-54(60)61)42-21-6-2-7-22-42/h1-40H. The lowest BCUT2D eigenvalue weighted by Crippen LogP contribution is -2.32. The Kier molecular flexibility index (Phi) is 8.13. The van der Waals surface area contributed by atoms with Crippen LogP contribution in [0.2, 0.25) is 0 Å². The van der Waals surface area contributed by atoms with E-state index in [2.05, 4.69) is 252 Å². The monoisotopic (exact) mass is 816 g/mol. The van der Waals surface area contributed by atoms with Gasteiger partial charge in [-0.25, -0.2) is 0 Å². The van der Waals surface area contributed by atoms with Crippen LogP contribution in [-0.2, 0) is 5.41 Å². The summed E-state index contributed by atoms with van der Waals surface area (Å²) in [5, 5.41) is 2.44. The van der Waals surface area contributed by atoms with Gasteiger partial charge in [-0.2, -0.15) is 0 Å². The van der Waals surface area contributed by atoms with E-state index >= 15 is 0 Å². The maximum atomic E-state index is 7.06. The molecule has 3 heteroatoms. The largest absolute Gasteiger partial charge is 0.456 e. The molecule has 0 amide bonds. The van der Waals surface area contributed by atoms with Gasteiger partial charge in [-0.3, -0.25) is 0 Å². The lowest BCUT2D eigenvalue weighted by molar-refractivity contribution is 0.438. The van der Waals surface area contributed by atoms with Gasteiger partial charge in [0.1, 0.15) is 11.5 Å². The minimum atomic E-state index is -0.661. The third-order valence-electron chi connectivity index (χ3n) is 13.5. The Morgan fingerprint density at radius 2 is 0.922 bits per heavy atom. The van der Waals surface area contributed by atoms with Crippen LogP contribution in [0.5, 0.6) is 11.5 Å². The number of nitrogens with zero attached hydrogens (tertiary/aromatic N) is 2. The normalized spacial score (nSPS) is 14.4. The van der Waals surface area contributed by atoms with Crippen molar-refractivity contribution in [2.45, 2.75) is 5.41 Å². The van der Waals surface area contributed by atoms with Gasteiger partial charge in [0.15, 0.2) is 0 Å². The van der Waals surface area contributed by atoms with E-state index in [0.717, 1.165) is 73.1 Å². The van der Waals surface area contributed by atoms with Gasteiger partial charge in [0.05, 0.1) is 22.1 Å². The van der Waals surface area contributed by atoms with Gasteiger partial charge in [-0.1, -0.05) is 188 Å². The van der Waals surface area contributed by atoms with Crippen LogP contribution in [0, 0.1) is 0 Å². The first-order chi connectivity index (χ1) is 31.8. The third-order valence-corrected chi connectivity index (χ3v) is 13.5. The molecule has 3 nitrogen and oxygen atoms in total. The molecule has 1 atom stereocenters. The van der Waals surface area contributed by atoms with Crippen LogP contribution in [0.4, 0.5) is 17.1 Å². The second-order valence-corrected chi connectivity index (χ2v) is 16.8. The molecule has 64 heavy (non-hydrogen) atoms. The van der Waals surface area contributed by atoms with Crippen molar-refractivity contribution in [3.05, 3.63) is 265 Å². The van der Waals surface area contributed by atoms with Crippen molar-refractivity contribution in [3.8, 4) is 50.6 Å². The van der Waals surface area contributed by atoms with E-state index < -0.39 is 5.41 Å². The van der Waals surface area contributed by atoms with Crippen molar-refractivity contribution in [2.24, 2.45) is 0 Å². The Labute approximate surface area is 372 Å². The molecule has 13 rings (SSSR count). The molecule has 1 aromatic heterocycles. The molecule has 1 aliphatic heterocycles. The zero-order chi connectivity index (χ0) is 42.2. The second kappa shape index (κ2) is 14.3. The zero-order valence-electron chi connectivity index (χ0n) is 34.9. The van der Waals surface area contributed by atoms with Crippen molar-refractivity contribution in [3.63, 3.8) is 0 Å². The summed E-state index contributed by atoms with van der Waals surface area (Å²) in [4.78, 5) is 2.47. The Balaban J connectivity index is 1.11. The van der Waals surface area contributed by atoms with E-state index in [0.29, 0.717) is 0 Å². The molecule has 0 bridgehead atoms. The quantitative estimate of drug-likeness (QED) is 0.166. The summed E-state index contributed by atoms with van der Waals surface area (Å²) in [6, 6.07) is 88.1. The SMILES string of the molecule is c1ccc(-c2ccccc2N(c2ccc3c(c2)C2(c4ccccc4Oc4c(-c5ccccc5)cccc42)c2ccccc2-3)c2ccc3c4ccccc4n(-c4ccccc4)c3c2)cc1. The Bertz CT molecular complexity index is 3590. The maximum absolute atomic E-state index is 7.06. The van der Waals surface area contributed by atoms with Gasteiger partial charge in [-0.05, 0) is 88.0 Å². The molecule has 0 saturated carbocycles. The third kappa shape index (κ3) is 5.28. The Morgan fingerprint density at radius 3 is 1.73 bits per heavy atom. The Morgan fingerprint density at radius 1 is 0.359 bits per heavy atom. The van der Waals surface area contributed by atoms with E-state index in [1.165, 1.54) is 38.5 Å². The van der Waals surface area contributed by atoms with Crippen molar-refractivity contribution >= 4 is 38.9 Å². The average Bonchev–Trinajstić information content (AvgIpc) is 3.85. The van der Waals surface area contributed by atoms with Crippen LogP contribution in [-0.4, -0.2) is 4.57 Å². The van der Waals surface area contributed by atoms with Crippen molar-refractivity contribution in [1.82, 2.24) is 4.57 Å². The number of aromatic nitrogens is 1. The molecule has 0 fully saturated rings. The van der Waals surface area contributed by atoms with Gasteiger partial charge >= 0.3 is 0 Å². The van der Waals surface area contributed by atoms with Crippen molar-refractivity contribution in [2.75, 3.05) is 4.90 Å². The number of fused-ring (bicyclic) bond motifs is 12. The molecule has 2 heterocycles. The number of ether oxygens (including phenoxy) is 1. The summed E-state index contributed by atoms with van der Waals surface area (Å²) in [6.45, 7) is 0.